The third kappa shape index (κ3) is 1.23. The molecule has 0 radical (unpaired) electrons. The zero-order valence-electron chi connectivity index (χ0n) is 8.14. The maximum Gasteiger partial charge on any atom is 0.146 e. The van der Waals surface area contributed by atoms with E-state index in [4.69, 9.17) is 0 Å². The molecule has 0 aromatic carbocycles. The Hall–Kier alpha value is -0.660. The first-order valence-corrected chi connectivity index (χ1v) is 5.22. The Morgan fingerprint density at radius 3 is 2.00 bits per heavy atom. The Balaban J connectivity index is 2.19. The van der Waals surface area contributed by atoms with E-state index < -0.39 is 5.41 Å². The van der Waals surface area contributed by atoms with Crippen LogP contribution in [0.1, 0.15) is 45.4 Å². The lowest BCUT2D eigenvalue weighted by Gasteiger charge is -2.33. The first-order chi connectivity index (χ1) is 6.15. The fraction of sp³-hybridized carbons (Fsp3) is 0.818. The maximum absolute atomic E-state index is 11.6. The van der Waals surface area contributed by atoms with E-state index in [9.17, 15) is 9.59 Å². The number of Topliss-reactive ketones (excluding diaryl/α,β-unsaturated/α-hetero) is 2. The number of carbonyl (C=O) groups excluding carboxylic acids is 2. The topological polar surface area (TPSA) is 34.1 Å². The Morgan fingerprint density at radius 2 is 1.54 bits per heavy atom. The van der Waals surface area contributed by atoms with Gasteiger partial charge in [-0.2, -0.15) is 0 Å². The monoisotopic (exact) mass is 180 g/mol. The van der Waals surface area contributed by atoms with Crippen LogP contribution in [0, 0.1) is 11.3 Å². The molecule has 13 heavy (non-hydrogen) atoms. The molecule has 0 aliphatic heterocycles. The zero-order chi connectivity index (χ0) is 9.47. The van der Waals surface area contributed by atoms with Crippen LogP contribution in [0.2, 0.25) is 0 Å². The standard InChI is InChI=1S/C11H16O2/c1-8-4-6-11(7-5-8)9(12)2-3-10(11)13/h8H,2-7H2,1H3. The number of rotatable bonds is 0. The van der Waals surface area contributed by atoms with E-state index in [1.165, 1.54) is 0 Å². The van der Waals surface area contributed by atoms with Crippen LogP contribution in [0.25, 0.3) is 0 Å². The Morgan fingerprint density at radius 1 is 1.08 bits per heavy atom. The molecule has 2 aliphatic rings. The molecule has 2 nitrogen and oxygen atoms in total. The fourth-order valence-electron chi connectivity index (χ4n) is 2.67. The summed E-state index contributed by atoms with van der Waals surface area (Å²) < 4.78 is 0. The van der Waals surface area contributed by atoms with E-state index in [0.29, 0.717) is 18.8 Å². The van der Waals surface area contributed by atoms with Gasteiger partial charge in [-0.3, -0.25) is 9.59 Å². The minimum absolute atomic E-state index is 0.226. The summed E-state index contributed by atoms with van der Waals surface area (Å²) in [4.78, 5) is 23.3. The summed E-state index contributed by atoms with van der Waals surface area (Å²) in [7, 11) is 0. The van der Waals surface area contributed by atoms with Gasteiger partial charge >= 0.3 is 0 Å². The van der Waals surface area contributed by atoms with Crippen LogP contribution in [0.4, 0.5) is 0 Å². The van der Waals surface area contributed by atoms with E-state index in [2.05, 4.69) is 6.92 Å². The molecule has 0 atom stereocenters. The van der Waals surface area contributed by atoms with Crippen molar-refractivity contribution in [3.63, 3.8) is 0 Å². The summed E-state index contributed by atoms with van der Waals surface area (Å²) in [6.45, 7) is 2.21. The second kappa shape index (κ2) is 2.93. The van der Waals surface area contributed by atoms with Gasteiger partial charge in [0.1, 0.15) is 11.6 Å². The Labute approximate surface area is 78.7 Å². The predicted octanol–water partition coefficient (Wildman–Crippen LogP) is 2.11. The average Bonchev–Trinajstić information content (AvgIpc) is 2.39. The highest BCUT2D eigenvalue weighted by atomic mass is 16.2. The van der Waals surface area contributed by atoms with E-state index in [1.807, 2.05) is 0 Å². The van der Waals surface area contributed by atoms with Gasteiger partial charge in [0.15, 0.2) is 0 Å². The van der Waals surface area contributed by atoms with Crippen LogP contribution < -0.4 is 0 Å². The first-order valence-electron chi connectivity index (χ1n) is 5.22. The highest BCUT2D eigenvalue weighted by Crippen LogP contribution is 2.45. The van der Waals surface area contributed by atoms with Gasteiger partial charge < -0.3 is 0 Å². The first kappa shape index (κ1) is 8.92. The van der Waals surface area contributed by atoms with Gasteiger partial charge in [-0.15, -0.1) is 0 Å². The Kier molecular flexibility index (Phi) is 2.01. The third-order valence-electron chi connectivity index (χ3n) is 3.77. The molecule has 0 heterocycles. The van der Waals surface area contributed by atoms with Crippen LogP contribution in [0.3, 0.4) is 0 Å². The maximum atomic E-state index is 11.6. The molecule has 0 aromatic rings. The van der Waals surface area contributed by atoms with Crippen molar-refractivity contribution < 1.29 is 9.59 Å². The quantitative estimate of drug-likeness (QED) is 0.535. The Bertz CT molecular complexity index is 229. The summed E-state index contributed by atoms with van der Waals surface area (Å²) in [6.07, 6.45) is 4.77. The molecule has 2 aliphatic carbocycles. The highest BCUT2D eigenvalue weighted by Gasteiger charge is 2.50. The molecular formula is C11H16O2. The summed E-state index contributed by atoms with van der Waals surface area (Å²) in [5.74, 6) is 1.15. The van der Waals surface area contributed by atoms with Crippen LogP contribution in [-0.2, 0) is 9.59 Å². The molecule has 72 valence electrons. The summed E-state index contributed by atoms with van der Waals surface area (Å²) >= 11 is 0. The molecule has 2 fully saturated rings. The van der Waals surface area contributed by atoms with Crippen molar-refractivity contribution in [2.75, 3.05) is 0 Å². The van der Waals surface area contributed by atoms with Crippen molar-refractivity contribution in [3.8, 4) is 0 Å². The molecule has 0 amide bonds. The number of ketones is 2. The van der Waals surface area contributed by atoms with E-state index >= 15 is 0 Å². The van der Waals surface area contributed by atoms with Crippen molar-refractivity contribution in [2.24, 2.45) is 11.3 Å². The number of carbonyl (C=O) groups is 2. The van der Waals surface area contributed by atoms with Gasteiger partial charge in [0.2, 0.25) is 0 Å². The molecular weight excluding hydrogens is 164 g/mol. The smallest absolute Gasteiger partial charge is 0.146 e. The lowest BCUT2D eigenvalue weighted by molar-refractivity contribution is -0.137. The minimum Gasteiger partial charge on any atom is -0.299 e. The molecule has 0 aromatic heterocycles. The van der Waals surface area contributed by atoms with Gasteiger partial charge in [0, 0.05) is 12.8 Å². The molecule has 2 rings (SSSR count). The molecule has 0 saturated heterocycles. The van der Waals surface area contributed by atoms with Crippen molar-refractivity contribution in [2.45, 2.75) is 45.4 Å². The summed E-state index contributed by atoms with van der Waals surface area (Å²) in [6, 6.07) is 0. The lowest BCUT2D eigenvalue weighted by Crippen LogP contribution is -2.36. The second-order valence-corrected chi connectivity index (χ2v) is 4.61. The van der Waals surface area contributed by atoms with E-state index in [-0.39, 0.29) is 11.6 Å². The fourth-order valence-corrected chi connectivity index (χ4v) is 2.67. The lowest BCUT2D eigenvalue weighted by atomic mass is 9.69. The van der Waals surface area contributed by atoms with Gasteiger partial charge in [-0.25, -0.2) is 0 Å². The molecule has 0 N–H and O–H groups in total. The van der Waals surface area contributed by atoms with Gasteiger partial charge in [0.05, 0.1) is 5.41 Å². The third-order valence-corrected chi connectivity index (χ3v) is 3.77. The summed E-state index contributed by atoms with van der Waals surface area (Å²) in [5, 5.41) is 0. The van der Waals surface area contributed by atoms with E-state index in [0.717, 1.165) is 25.7 Å². The van der Waals surface area contributed by atoms with Crippen LogP contribution in [0.5, 0.6) is 0 Å². The van der Waals surface area contributed by atoms with Gasteiger partial charge in [-0.05, 0) is 31.6 Å². The molecule has 2 heteroatoms. The average molecular weight is 180 g/mol. The van der Waals surface area contributed by atoms with Crippen LogP contribution >= 0.6 is 0 Å². The van der Waals surface area contributed by atoms with Gasteiger partial charge in [-0.1, -0.05) is 6.92 Å². The molecule has 0 unspecified atom stereocenters. The van der Waals surface area contributed by atoms with Crippen LogP contribution in [-0.4, -0.2) is 11.6 Å². The molecule has 0 bridgehead atoms. The minimum atomic E-state index is -0.507. The second-order valence-electron chi connectivity index (χ2n) is 4.61. The van der Waals surface area contributed by atoms with Crippen LogP contribution in [0.15, 0.2) is 0 Å². The largest absolute Gasteiger partial charge is 0.299 e. The highest BCUT2D eigenvalue weighted by molar-refractivity contribution is 6.12. The number of hydrogen-bond acceptors (Lipinski definition) is 2. The SMILES string of the molecule is CC1CCC2(CC1)C(=O)CCC2=O. The van der Waals surface area contributed by atoms with Gasteiger partial charge in [0.25, 0.3) is 0 Å². The summed E-state index contributed by atoms with van der Waals surface area (Å²) in [5.41, 5.74) is -0.507. The molecule has 1 spiro atoms. The normalized spacial score (nSPS) is 28.7. The number of hydrogen-bond donors (Lipinski definition) is 0. The molecule has 2 saturated carbocycles. The predicted molar refractivity (Wildman–Crippen MR) is 49.3 cm³/mol. The van der Waals surface area contributed by atoms with Crippen molar-refractivity contribution in [1.29, 1.82) is 0 Å². The van der Waals surface area contributed by atoms with Crippen molar-refractivity contribution in [1.82, 2.24) is 0 Å². The van der Waals surface area contributed by atoms with E-state index in [1.54, 1.807) is 0 Å². The van der Waals surface area contributed by atoms with Crippen molar-refractivity contribution in [3.05, 3.63) is 0 Å². The van der Waals surface area contributed by atoms with Crippen molar-refractivity contribution >= 4 is 11.6 Å². The zero-order valence-corrected chi connectivity index (χ0v) is 8.14.